The highest BCUT2D eigenvalue weighted by Gasteiger charge is 2.41. The molecule has 1 aliphatic heterocycles. The number of benzene rings is 1. The molecule has 1 saturated heterocycles. The Labute approximate surface area is 194 Å². The highest BCUT2D eigenvalue weighted by Crippen LogP contribution is 2.40. The Morgan fingerprint density at radius 1 is 0.903 bits per heavy atom. The van der Waals surface area contributed by atoms with Crippen LogP contribution in [0.5, 0.6) is 0 Å². The Hall–Kier alpha value is -3.03. The second-order valence-corrected chi connectivity index (χ2v) is 8.66. The van der Waals surface area contributed by atoms with Crippen LogP contribution in [0.2, 0.25) is 0 Å². The molecular formula is C24H20BrN5S. The second-order valence-electron chi connectivity index (χ2n) is 7.36. The van der Waals surface area contributed by atoms with Gasteiger partial charge in [0.25, 0.3) is 0 Å². The lowest BCUT2D eigenvalue weighted by Crippen LogP contribution is -2.30. The molecule has 0 radical (unpaired) electrons. The molecule has 0 aliphatic carbocycles. The van der Waals surface area contributed by atoms with Crippen molar-refractivity contribution in [2.24, 2.45) is 0 Å². The summed E-state index contributed by atoms with van der Waals surface area (Å²) in [6.45, 7) is 0.617. The van der Waals surface area contributed by atoms with Gasteiger partial charge in [-0.3, -0.25) is 9.97 Å². The van der Waals surface area contributed by atoms with E-state index in [2.05, 4.69) is 83.3 Å². The number of rotatable bonds is 5. The minimum absolute atomic E-state index is 0.0388. The van der Waals surface area contributed by atoms with E-state index in [1.54, 1.807) is 0 Å². The summed E-state index contributed by atoms with van der Waals surface area (Å²) in [4.78, 5) is 11.4. The summed E-state index contributed by atoms with van der Waals surface area (Å²) in [5.74, 6) is 0. The first-order valence-corrected chi connectivity index (χ1v) is 11.2. The van der Waals surface area contributed by atoms with E-state index in [9.17, 15) is 0 Å². The SMILES string of the molecule is S=C1NC(c2ccccn2)C(c2cccn2-c2ccc(Br)cc2)N1Cc1ccccn1. The van der Waals surface area contributed by atoms with E-state index in [1.165, 1.54) is 0 Å². The van der Waals surface area contributed by atoms with E-state index in [1.807, 2.05) is 48.8 Å². The maximum Gasteiger partial charge on any atom is 0.170 e. The van der Waals surface area contributed by atoms with Crippen molar-refractivity contribution in [3.8, 4) is 5.69 Å². The van der Waals surface area contributed by atoms with Gasteiger partial charge >= 0.3 is 0 Å². The quantitative estimate of drug-likeness (QED) is 0.390. The lowest BCUT2D eigenvalue weighted by atomic mass is 10.0. The maximum absolute atomic E-state index is 5.79. The van der Waals surface area contributed by atoms with Crippen molar-refractivity contribution in [1.82, 2.24) is 24.8 Å². The number of aromatic nitrogens is 3. The molecule has 0 spiro atoms. The molecule has 0 amide bonds. The maximum atomic E-state index is 5.79. The number of pyridine rings is 2. The molecule has 1 aromatic carbocycles. The highest BCUT2D eigenvalue weighted by molar-refractivity contribution is 9.10. The van der Waals surface area contributed by atoms with Gasteiger partial charge in [-0.15, -0.1) is 0 Å². The smallest absolute Gasteiger partial charge is 0.170 e. The van der Waals surface area contributed by atoms with Crippen LogP contribution in [-0.2, 0) is 6.54 Å². The van der Waals surface area contributed by atoms with Crippen molar-refractivity contribution < 1.29 is 0 Å². The van der Waals surface area contributed by atoms with Crippen LogP contribution in [0.25, 0.3) is 5.69 Å². The zero-order valence-corrected chi connectivity index (χ0v) is 19.0. The minimum atomic E-state index is -0.0680. The van der Waals surface area contributed by atoms with Gasteiger partial charge in [-0.05, 0) is 72.9 Å². The van der Waals surface area contributed by atoms with Gasteiger partial charge in [0.05, 0.1) is 30.0 Å². The summed E-state index contributed by atoms with van der Waals surface area (Å²) < 4.78 is 3.27. The summed E-state index contributed by atoms with van der Waals surface area (Å²) >= 11 is 9.32. The normalized spacial score (nSPS) is 18.2. The third-order valence-corrected chi connectivity index (χ3v) is 6.33. The first kappa shape index (κ1) is 19.9. The van der Waals surface area contributed by atoms with E-state index in [0.717, 1.165) is 27.2 Å². The number of thiocarbonyl (C=S) groups is 1. The number of halogens is 1. The standard InChI is InChI=1S/C24H20BrN5S/c25-17-9-11-19(12-10-17)29-15-5-8-21(29)23-22(20-7-2-4-14-27-20)28-24(31)30(23)16-18-6-1-3-13-26-18/h1-15,22-23H,16H2,(H,28,31). The molecule has 2 atom stereocenters. The molecule has 3 aromatic heterocycles. The van der Waals surface area contributed by atoms with Crippen molar-refractivity contribution in [2.75, 3.05) is 0 Å². The van der Waals surface area contributed by atoms with Crippen LogP contribution in [0.15, 0.2) is 95.9 Å². The van der Waals surface area contributed by atoms with Crippen molar-refractivity contribution in [3.63, 3.8) is 0 Å². The molecule has 1 fully saturated rings. The Balaban J connectivity index is 1.60. The minimum Gasteiger partial charge on any atom is -0.352 e. The summed E-state index contributed by atoms with van der Waals surface area (Å²) in [6.07, 6.45) is 5.73. The van der Waals surface area contributed by atoms with Gasteiger partial charge in [-0.25, -0.2) is 0 Å². The van der Waals surface area contributed by atoms with E-state index in [4.69, 9.17) is 12.2 Å². The molecule has 5 rings (SSSR count). The van der Waals surface area contributed by atoms with Crippen LogP contribution in [0, 0.1) is 0 Å². The average molecular weight is 490 g/mol. The van der Waals surface area contributed by atoms with Gasteiger partial charge in [-0.1, -0.05) is 28.1 Å². The number of hydrogen-bond acceptors (Lipinski definition) is 3. The van der Waals surface area contributed by atoms with Gasteiger partial charge < -0.3 is 14.8 Å². The monoisotopic (exact) mass is 489 g/mol. The molecule has 0 bridgehead atoms. The fourth-order valence-electron chi connectivity index (χ4n) is 4.04. The first-order chi connectivity index (χ1) is 15.2. The van der Waals surface area contributed by atoms with Crippen molar-refractivity contribution in [1.29, 1.82) is 0 Å². The second kappa shape index (κ2) is 8.61. The Morgan fingerprint density at radius 2 is 1.68 bits per heavy atom. The van der Waals surface area contributed by atoms with Crippen LogP contribution in [-0.4, -0.2) is 24.5 Å². The largest absolute Gasteiger partial charge is 0.352 e. The number of nitrogens with one attached hydrogen (secondary N) is 1. The molecular weight excluding hydrogens is 470 g/mol. The summed E-state index contributed by atoms with van der Waals surface area (Å²) in [7, 11) is 0. The van der Waals surface area contributed by atoms with Crippen LogP contribution in [0.1, 0.15) is 29.2 Å². The van der Waals surface area contributed by atoms with Crippen molar-refractivity contribution >= 4 is 33.3 Å². The Kier molecular flexibility index (Phi) is 5.53. The number of hydrogen-bond donors (Lipinski definition) is 1. The van der Waals surface area contributed by atoms with E-state index >= 15 is 0 Å². The first-order valence-electron chi connectivity index (χ1n) is 10.0. The van der Waals surface area contributed by atoms with Crippen LogP contribution >= 0.6 is 28.1 Å². The zero-order chi connectivity index (χ0) is 21.2. The molecule has 7 heteroatoms. The molecule has 5 nitrogen and oxygen atoms in total. The highest BCUT2D eigenvalue weighted by atomic mass is 79.9. The Morgan fingerprint density at radius 3 is 2.39 bits per heavy atom. The van der Waals surface area contributed by atoms with Crippen LogP contribution in [0.3, 0.4) is 0 Å². The van der Waals surface area contributed by atoms with Gasteiger partial charge in [-0.2, -0.15) is 0 Å². The lowest BCUT2D eigenvalue weighted by Gasteiger charge is -2.28. The van der Waals surface area contributed by atoms with Gasteiger partial charge in [0.15, 0.2) is 5.11 Å². The Bertz CT molecular complexity index is 1180. The molecule has 4 aromatic rings. The average Bonchev–Trinajstić information content (AvgIpc) is 3.40. The predicted octanol–water partition coefficient (Wildman–Crippen LogP) is 5.20. The van der Waals surface area contributed by atoms with E-state index < -0.39 is 0 Å². The third-order valence-electron chi connectivity index (χ3n) is 5.44. The molecule has 154 valence electrons. The summed E-state index contributed by atoms with van der Waals surface area (Å²) in [6, 6.07) is 24.4. The predicted molar refractivity (Wildman–Crippen MR) is 129 cm³/mol. The topological polar surface area (TPSA) is 46.0 Å². The van der Waals surface area contributed by atoms with Crippen molar-refractivity contribution in [3.05, 3.63) is 113 Å². The van der Waals surface area contributed by atoms with Crippen LogP contribution in [0.4, 0.5) is 0 Å². The molecule has 1 N–H and O–H groups in total. The summed E-state index contributed by atoms with van der Waals surface area (Å²) in [5, 5.41) is 4.22. The molecule has 31 heavy (non-hydrogen) atoms. The molecule has 0 saturated carbocycles. The molecule has 1 aliphatic rings. The van der Waals surface area contributed by atoms with Crippen molar-refractivity contribution in [2.45, 2.75) is 18.6 Å². The fourth-order valence-corrected chi connectivity index (χ4v) is 4.60. The molecule has 2 unspecified atom stereocenters. The van der Waals surface area contributed by atoms with Gasteiger partial charge in [0.1, 0.15) is 0 Å². The lowest BCUT2D eigenvalue weighted by molar-refractivity contribution is 0.299. The molecule has 4 heterocycles. The fraction of sp³-hybridized carbons (Fsp3) is 0.125. The van der Waals surface area contributed by atoms with E-state index in [0.29, 0.717) is 11.7 Å². The van der Waals surface area contributed by atoms with Gasteiger partial charge in [0, 0.05) is 34.4 Å². The zero-order valence-electron chi connectivity index (χ0n) is 16.6. The summed E-state index contributed by atoms with van der Waals surface area (Å²) in [5.41, 5.74) is 4.17. The number of nitrogens with zero attached hydrogens (tertiary/aromatic N) is 4. The van der Waals surface area contributed by atoms with E-state index in [-0.39, 0.29) is 12.1 Å². The third kappa shape index (κ3) is 3.98. The van der Waals surface area contributed by atoms with Crippen LogP contribution < -0.4 is 5.32 Å². The van der Waals surface area contributed by atoms with Gasteiger partial charge in [0.2, 0.25) is 0 Å².